The van der Waals surface area contributed by atoms with Crippen molar-refractivity contribution in [3.8, 4) is 17.4 Å². The summed E-state index contributed by atoms with van der Waals surface area (Å²) in [6, 6.07) is 14.7. The first-order valence-corrected chi connectivity index (χ1v) is 13.3. The molecule has 6 aromatic rings. The van der Waals surface area contributed by atoms with Crippen molar-refractivity contribution < 1.29 is 19.0 Å². The number of nitrogens with zero attached hydrogens (tertiary/aromatic N) is 6. The number of methoxy groups -OCH3 is 1. The quantitative estimate of drug-likeness (QED) is 0.143. The van der Waals surface area contributed by atoms with E-state index in [0.717, 1.165) is 16.9 Å². The highest BCUT2D eigenvalue weighted by Gasteiger charge is 2.14. The summed E-state index contributed by atoms with van der Waals surface area (Å²) in [5.41, 5.74) is 4.21. The van der Waals surface area contributed by atoms with Gasteiger partial charge in [-0.05, 0) is 55.0 Å². The average molecular weight is 578 g/mol. The molecule has 4 heterocycles. The molecule has 216 valence electrons. The molecule has 0 unspecified atom stereocenters. The number of fused-ring (bicyclic) bond motifs is 2. The number of aromatic nitrogens is 7. The molecular weight excluding hydrogens is 550 g/mol. The van der Waals surface area contributed by atoms with Crippen molar-refractivity contribution in [1.82, 2.24) is 34.5 Å². The van der Waals surface area contributed by atoms with Gasteiger partial charge in [0, 0.05) is 48.3 Å². The molecule has 0 saturated carbocycles. The number of anilines is 3. The van der Waals surface area contributed by atoms with Gasteiger partial charge in [-0.1, -0.05) is 0 Å². The lowest BCUT2D eigenvalue weighted by molar-refractivity contribution is -0.111. The summed E-state index contributed by atoms with van der Waals surface area (Å²) in [7, 11) is 1.60. The minimum absolute atomic E-state index is 0.301. The summed E-state index contributed by atoms with van der Waals surface area (Å²) in [6.45, 7) is 2.63. The van der Waals surface area contributed by atoms with Crippen LogP contribution in [0.2, 0.25) is 0 Å². The van der Waals surface area contributed by atoms with E-state index in [4.69, 9.17) is 14.2 Å². The number of H-pyrrole nitrogens is 1. The minimum atomic E-state index is -0.319. The standard InChI is InChI=1S/C30H27N9O4/c1-19-12-21(5-7-25(19)43-29-15-27-38-35-18-39(27)17-34-29)36-30-22-13-24(37-28(40)8-6-20-4-3-9-31-20)26(42-11-10-41-2)14-23(22)32-16-33-30/h3-9,12-18,31H,10-11H2,1-2H3,(H,37,40)(H,32,33,36). The molecular formula is C30H27N9O4. The number of carbonyl (C=O) groups excluding carboxylic acids is 1. The molecule has 0 saturated heterocycles. The van der Waals surface area contributed by atoms with E-state index in [1.807, 2.05) is 37.3 Å². The fourth-order valence-corrected chi connectivity index (χ4v) is 4.28. The van der Waals surface area contributed by atoms with Gasteiger partial charge in [0.15, 0.2) is 5.65 Å². The van der Waals surface area contributed by atoms with Crippen LogP contribution in [0.5, 0.6) is 17.4 Å². The number of hydrogen-bond acceptors (Lipinski definition) is 10. The van der Waals surface area contributed by atoms with E-state index in [1.54, 1.807) is 54.6 Å². The largest absolute Gasteiger partial charge is 0.489 e. The topological polar surface area (TPSA) is 153 Å². The van der Waals surface area contributed by atoms with Gasteiger partial charge >= 0.3 is 0 Å². The number of carbonyl (C=O) groups is 1. The second-order valence-electron chi connectivity index (χ2n) is 9.41. The Kier molecular flexibility index (Phi) is 7.87. The molecule has 2 aromatic carbocycles. The van der Waals surface area contributed by atoms with Crippen LogP contribution in [0.1, 0.15) is 11.3 Å². The summed E-state index contributed by atoms with van der Waals surface area (Å²) < 4.78 is 18.7. The number of hydrogen-bond donors (Lipinski definition) is 3. The van der Waals surface area contributed by atoms with Crippen LogP contribution in [0.3, 0.4) is 0 Å². The molecule has 4 aromatic heterocycles. The summed E-state index contributed by atoms with van der Waals surface area (Å²) in [4.78, 5) is 29.0. The predicted octanol–water partition coefficient (Wildman–Crippen LogP) is 4.92. The van der Waals surface area contributed by atoms with Gasteiger partial charge < -0.3 is 29.8 Å². The van der Waals surface area contributed by atoms with Crippen LogP contribution in [-0.4, -0.2) is 60.8 Å². The van der Waals surface area contributed by atoms with Gasteiger partial charge in [0.1, 0.15) is 42.9 Å². The molecule has 6 rings (SSSR count). The van der Waals surface area contributed by atoms with Crippen LogP contribution >= 0.6 is 0 Å². The third kappa shape index (κ3) is 6.41. The lowest BCUT2D eigenvalue weighted by atomic mass is 10.1. The fraction of sp³-hybridized carbons (Fsp3) is 0.133. The molecule has 13 heteroatoms. The van der Waals surface area contributed by atoms with E-state index in [1.165, 1.54) is 12.4 Å². The molecule has 0 aliphatic carbocycles. The monoisotopic (exact) mass is 577 g/mol. The van der Waals surface area contributed by atoms with Crippen molar-refractivity contribution in [2.75, 3.05) is 31.0 Å². The van der Waals surface area contributed by atoms with Crippen LogP contribution in [0.4, 0.5) is 17.2 Å². The van der Waals surface area contributed by atoms with E-state index in [2.05, 4.69) is 40.8 Å². The van der Waals surface area contributed by atoms with Gasteiger partial charge in [0.2, 0.25) is 11.8 Å². The Labute approximate surface area is 245 Å². The van der Waals surface area contributed by atoms with Crippen molar-refractivity contribution in [2.24, 2.45) is 0 Å². The third-order valence-electron chi connectivity index (χ3n) is 6.39. The summed E-state index contributed by atoms with van der Waals surface area (Å²) in [5.74, 6) is 1.75. The Morgan fingerprint density at radius 1 is 1.05 bits per heavy atom. The second-order valence-corrected chi connectivity index (χ2v) is 9.41. The van der Waals surface area contributed by atoms with Crippen LogP contribution < -0.4 is 20.1 Å². The SMILES string of the molecule is COCCOc1cc2ncnc(Nc3ccc(Oc4cc5nncn5cn4)c(C)c3)c2cc1NC(=O)C=Cc1ccc[nH]1. The zero-order valence-electron chi connectivity index (χ0n) is 23.3. The third-order valence-corrected chi connectivity index (χ3v) is 6.39. The number of amides is 1. The highest BCUT2D eigenvalue weighted by molar-refractivity contribution is 6.05. The van der Waals surface area contributed by atoms with E-state index >= 15 is 0 Å². The van der Waals surface area contributed by atoms with E-state index in [0.29, 0.717) is 58.6 Å². The van der Waals surface area contributed by atoms with Crippen LogP contribution in [0.15, 0.2) is 79.8 Å². The van der Waals surface area contributed by atoms with Gasteiger partial charge in [-0.2, -0.15) is 0 Å². The first-order valence-electron chi connectivity index (χ1n) is 13.3. The molecule has 0 spiro atoms. The van der Waals surface area contributed by atoms with E-state index < -0.39 is 0 Å². The Hall–Kier alpha value is -5.82. The van der Waals surface area contributed by atoms with Crippen LogP contribution in [-0.2, 0) is 9.53 Å². The zero-order valence-corrected chi connectivity index (χ0v) is 23.3. The molecule has 0 aliphatic heterocycles. The maximum Gasteiger partial charge on any atom is 0.248 e. The number of aryl methyl sites for hydroxylation is 1. The minimum Gasteiger partial charge on any atom is -0.489 e. The molecule has 43 heavy (non-hydrogen) atoms. The predicted molar refractivity (Wildman–Crippen MR) is 161 cm³/mol. The lowest BCUT2D eigenvalue weighted by Crippen LogP contribution is -2.11. The highest BCUT2D eigenvalue weighted by Crippen LogP contribution is 2.34. The van der Waals surface area contributed by atoms with Crippen molar-refractivity contribution >= 4 is 45.7 Å². The molecule has 0 atom stereocenters. The van der Waals surface area contributed by atoms with Crippen LogP contribution in [0, 0.1) is 6.92 Å². The van der Waals surface area contributed by atoms with Crippen molar-refractivity contribution in [1.29, 1.82) is 0 Å². The molecule has 0 bridgehead atoms. The smallest absolute Gasteiger partial charge is 0.248 e. The molecule has 0 aliphatic rings. The fourth-order valence-electron chi connectivity index (χ4n) is 4.28. The summed E-state index contributed by atoms with van der Waals surface area (Å²) >= 11 is 0. The summed E-state index contributed by atoms with van der Waals surface area (Å²) in [5, 5.41) is 14.8. The Bertz CT molecular complexity index is 1920. The van der Waals surface area contributed by atoms with Crippen LogP contribution in [0.25, 0.3) is 22.6 Å². The number of nitrogens with one attached hydrogen (secondary N) is 3. The lowest BCUT2D eigenvalue weighted by Gasteiger charge is -2.15. The van der Waals surface area contributed by atoms with Gasteiger partial charge in [-0.3, -0.25) is 9.20 Å². The number of aromatic amines is 1. The maximum atomic E-state index is 12.8. The van der Waals surface area contributed by atoms with Gasteiger partial charge in [0.25, 0.3) is 0 Å². The first kappa shape index (κ1) is 27.4. The van der Waals surface area contributed by atoms with E-state index in [9.17, 15) is 4.79 Å². The Morgan fingerprint density at radius 2 is 1.98 bits per heavy atom. The average Bonchev–Trinajstić information content (AvgIpc) is 3.70. The Morgan fingerprint density at radius 3 is 2.81 bits per heavy atom. The first-order chi connectivity index (χ1) is 21.1. The highest BCUT2D eigenvalue weighted by atomic mass is 16.5. The summed E-state index contributed by atoms with van der Waals surface area (Å²) in [6.07, 6.45) is 9.56. The second kappa shape index (κ2) is 12.4. The number of rotatable bonds is 11. The maximum absolute atomic E-state index is 12.8. The zero-order chi connectivity index (χ0) is 29.6. The van der Waals surface area contributed by atoms with Gasteiger partial charge in [0.05, 0.1) is 17.8 Å². The van der Waals surface area contributed by atoms with Gasteiger partial charge in [-0.15, -0.1) is 10.2 Å². The molecule has 13 nitrogen and oxygen atoms in total. The molecule has 0 radical (unpaired) electrons. The van der Waals surface area contributed by atoms with Crippen molar-refractivity contribution in [3.05, 3.63) is 91.0 Å². The molecule has 1 amide bonds. The molecule has 0 fully saturated rings. The van der Waals surface area contributed by atoms with Crippen molar-refractivity contribution in [2.45, 2.75) is 6.92 Å². The van der Waals surface area contributed by atoms with Gasteiger partial charge in [-0.25, -0.2) is 15.0 Å². The number of ether oxygens (including phenoxy) is 3. The molecule has 3 N–H and O–H groups in total. The Balaban J connectivity index is 1.25. The van der Waals surface area contributed by atoms with E-state index in [-0.39, 0.29) is 5.91 Å². The number of benzene rings is 2. The normalized spacial score (nSPS) is 11.3. The van der Waals surface area contributed by atoms with Crippen molar-refractivity contribution in [3.63, 3.8) is 0 Å².